The number of hydrogen-bond donors (Lipinski definition) is 1. The van der Waals surface area contributed by atoms with E-state index in [1.54, 1.807) is 0 Å². The largest absolute Gasteiger partial charge is 0.378 e. The summed E-state index contributed by atoms with van der Waals surface area (Å²) in [4.78, 5) is 14.2. The Kier molecular flexibility index (Phi) is 5.45. The molecular formula is C14H26N2O2. The summed E-state index contributed by atoms with van der Waals surface area (Å²) in [5, 5.41) is 3.38. The molecule has 2 aliphatic heterocycles. The molecule has 1 atom stereocenters. The fourth-order valence-electron chi connectivity index (χ4n) is 2.98. The molecule has 0 saturated carbocycles. The minimum atomic E-state index is 0.346. The van der Waals surface area contributed by atoms with Crippen LogP contribution in [0.4, 0.5) is 0 Å². The molecule has 2 saturated heterocycles. The van der Waals surface area contributed by atoms with Crippen LogP contribution in [0.5, 0.6) is 0 Å². The number of ether oxygens (including phenoxy) is 1. The topological polar surface area (TPSA) is 41.6 Å². The van der Waals surface area contributed by atoms with Gasteiger partial charge in [-0.2, -0.15) is 0 Å². The highest BCUT2D eigenvalue weighted by Crippen LogP contribution is 2.19. The van der Waals surface area contributed by atoms with E-state index in [1.165, 1.54) is 12.8 Å². The van der Waals surface area contributed by atoms with Crippen molar-refractivity contribution in [1.29, 1.82) is 0 Å². The first-order chi connectivity index (χ1) is 8.79. The van der Waals surface area contributed by atoms with Gasteiger partial charge in [0.25, 0.3) is 0 Å². The zero-order chi connectivity index (χ0) is 12.8. The molecule has 2 fully saturated rings. The third-order valence-corrected chi connectivity index (χ3v) is 4.06. The van der Waals surface area contributed by atoms with Gasteiger partial charge < -0.3 is 15.0 Å². The SMILES string of the molecule is CCOC1CCN(C(=O)CC2CCCNC2)CC1. The average molecular weight is 254 g/mol. The number of amides is 1. The second-order valence-electron chi connectivity index (χ2n) is 5.45. The number of carbonyl (C=O) groups is 1. The van der Waals surface area contributed by atoms with Crippen LogP contribution < -0.4 is 5.32 Å². The second-order valence-corrected chi connectivity index (χ2v) is 5.45. The summed E-state index contributed by atoms with van der Waals surface area (Å²) in [5.41, 5.74) is 0. The van der Waals surface area contributed by atoms with E-state index in [2.05, 4.69) is 5.32 Å². The predicted molar refractivity (Wildman–Crippen MR) is 71.4 cm³/mol. The highest BCUT2D eigenvalue weighted by molar-refractivity contribution is 5.76. The van der Waals surface area contributed by atoms with Gasteiger partial charge in [0.1, 0.15) is 0 Å². The van der Waals surface area contributed by atoms with Crippen molar-refractivity contribution in [1.82, 2.24) is 10.2 Å². The summed E-state index contributed by atoms with van der Waals surface area (Å²) in [6, 6.07) is 0. The van der Waals surface area contributed by atoms with Gasteiger partial charge in [0, 0.05) is 26.1 Å². The van der Waals surface area contributed by atoms with Gasteiger partial charge in [-0.25, -0.2) is 0 Å². The van der Waals surface area contributed by atoms with Crippen molar-refractivity contribution in [3.8, 4) is 0 Å². The Morgan fingerprint density at radius 1 is 1.33 bits per heavy atom. The van der Waals surface area contributed by atoms with Crippen LogP contribution in [0.3, 0.4) is 0 Å². The van der Waals surface area contributed by atoms with E-state index in [4.69, 9.17) is 4.74 Å². The van der Waals surface area contributed by atoms with Gasteiger partial charge in [-0.15, -0.1) is 0 Å². The molecule has 2 aliphatic rings. The lowest BCUT2D eigenvalue weighted by Gasteiger charge is -2.33. The average Bonchev–Trinajstić information content (AvgIpc) is 2.41. The van der Waals surface area contributed by atoms with E-state index in [9.17, 15) is 4.79 Å². The molecule has 2 heterocycles. The van der Waals surface area contributed by atoms with Gasteiger partial charge in [-0.05, 0) is 51.6 Å². The summed E-state index contributed by atoms with van der Waals surface area (Å²) in [6.07, 6.45) is 5.52. The summed E-state index contributed by atoms with van der Waals surface area (Å²) < 4.78 is 5.61. The molecule has 0 spiro atoms. The minimum absolute atomic E-state index is 0.346. The Bertz CT molecular complexity index is 257. The molecule has 0 aromatic heterocycles. The number of hydrogen-bond acceptors (Lipinski definition) is 3. The molecule has 4 heteroatoms. The maximum absolute atomic E-state index is 12.2. The smallest absolute Gasteiger partial charge is 0.222 e. The summed E-state index contributed by atoms with van der Waals surface area (Å²) in [5.74, 6) is 0.898. The van der Waals surface area contributed by atoms with Crippen molar-refractivity contribution in [3.05, 3.63) is 0 Å². The molecule has 0 aliphatic carbocycles. The van der Waals surface area contributed by atoms with Gasteiger partial charge in [-0.3, -0.25) is 4.79 Å². The second kappa shape index (κ2) is 7.10. The molecule has 0 radical (unpaired) electrons. The number of piperidine rings is 2. The van der Waals surface area contributed by atoms with Crippen molar-refractivity contribution in [2.75, 3.05) is 32.8 Å². The van der Waals surface area contributed by atoms with E-state index < -0.39 is 0 Å². The fourth-order valence-corrected chi connectivity index (χ4v) is 2.98. The fraction of sp³-hybridized carbons (Fsp3) is 0.929. The summed E-state index contributed by atoms with van der Waals surface area (Å²) in [6.45, 7) is 6.71. The molecule has 0 aromatic carbocycles. The molecule has 2 rings (SSSR count). The first-order valence-electron chi connectivity index (χ1n) is 7.39. The first kappa shape index (κ1) is 13.8. The molecule has 1 amide bonds. The normalized spacial score (nSPS) is 26.3. The maximum Gasteiger partial charge on any atom is 0.222 e. The molecule has 0 bridgehead atoms. The van der Waals surface area contributed by atoms with Crippen molar-refractivity contribution in [3.63, 3.8) is 0 Å². The Morgan fingerprint density at radius 3 is 2.72 bits per heavy atom. The minimum Gasteiger partial charge on any atom is -0.378 e. The zero-order valence-corrected chi connectivity index (χ0v) is 11.5. The number of rotatable bonds is 4. The first-order valence-corrected chi connectivity index (χ1v) is 7.39. The molecule has 18 heavy (non-hydrogen) atoms. The van der Waals surface area contributed by atoms with Crippen molar-refractivity contribution in [2.24, 2.45) is 5.92 Å². The van der Waals surface area contributed by atoms with Crippen molar-refractivity contribution < 1.29 is 9.53 Å². The van der Waals surface area contributed by atoms with Crippen LogP contribution in [0, 0.1) is 5.92 Å². The monoisotopic (exact) mass is 254 g/mol. The maximum atomic E-state index is 12.2. The van der Waals surface area contributed by atoms with Gasteiger partial charge in [-0.1, -0.05) is 0 Å². The highest BCUT2D eigenvalue weighted by Gasteiger charge is 2.25. The number of nitrogens with one attached hydrogen (secondary N) is 1. The third kappa shape index (κ3) is 3.95. The van der Waals surface area contributed by atoms with Crippen LogP contribution in [-0.4, -0.2) is 49.7 Å². The van der Waals surface area contributed by atoms with E-state index in [1.807, 2.05) is 11.8 Å². The quantitative estimate of drug-likeness (QED) is 0.824. The van der Waals surface area contributed by atoms with Gasteiger partial charge in [0.15, 0.2) is 0 Å². The highest BCUT2D eigenvalue weighted by atomic mass is 16.5. The van der Waals surface area contributed by atoms with Crippen molar-refractivity contribution in [2.45, 2.75) is 45.1 Å². The van der Waals surface area contributed by atoms with E-state index >= 15 is 0 Å². The van der Waals surface area contributed by atoms with E-state index in [-0.39, 0.29) is 0 Å². The van der Waals surface area contributed by atoms with Crippen LogP contribution >= 0.6 is 0 Å². The van der Waals surface area contributed by atoms with Gasteiger partial charge >= 0.3 is 0 Å². The van der Waals surface area contributed by atoms with Crippen LogP contribution in [-0.2, 0) is 9.53 Å². The third-order valence-electron chi connectivity index (χ3n) is 4.06. The molecule has 1 N–H and O–H groups in total. The van der Waals surface area contributed by atoms with E-state index in [0.29, 0.717) is 17.9 Å². The van der Waals surface area contributed by atoms with Gasteiger partial charge in [0.05, 0.1) is 6.10 Å². The van der Waals surface area contributed by atoms with Crippen LogP contribution in [0.15, 0.2) is 0 Å². The Labute approximate surface area is 110 Å². The number of likely N-dealkylation sites (tertiary alicyclic amines) is 1. The Balaban J connectivity index is 1.70. The van der Waals surface area contributed by atoms with E-state index in [0.717, 1.165) is 52.0 Å². The zero-order valence-electron chi connectivity index (χ0n) is 11.5. The molecular weight excluding hydrogens is 228 g/mol. The molecule has 0 aromatic rings. The lowest BCUT2D eigenvalue weighted by atomic mass is 9.95. The standard InChI is InChI=1S/C14H26N2O2/c1-2-18-13-5-8-16(9-6-13)14(17)10-12-4-3-7-15-11-12/h12-13,15H,2-11H2,1H3. The molecule has 1 unspecified atom stereocenters. The Hall–Kier alpha value is -0.610. The van der Waals surface area contributed by atoms with Crippen LogP contribution in [0.2, 0.25) is 0 Å². The van der Waals surface area contributed by atoms with Crippen LogP contribution in [0.25, 0.3) is 0 Å². The summed E-state index contributed by atoms with van der Waals surface area (Å²) in [7, 11) is 0. The Morgan fingerprint density at radius 2 is 2.11 bits per heavy atom. The molecule has 4 nitrogen and oxygen atoms in total. The lowest BCUT2D eigenvalue weighted by Crippen LogP contribution is -2.42. The summed E-state index contributed by atoms with van der Waals surface area (Å²) >= 11 is 0. The number of carbonyl (C=O) groups excluding carboxylic acids is 1. The predicted octanol–water partition coefficient (Wildman–Crippen LogP) is 1.40. The van der Waals surface area contributed by atoms with Crippen molar-refractivity contribution >= 4 is 5.91 Å². The number of nitrogens with zero attached hydrogens (tertiary/aromatic N) is 1. The van der Waals surface area contributed by atoms with Gasteiger partial charge in [0.2, 0.25) is 5.91 Å². The lowest BCUT2D eigenvalue weighted by molar-refractivity contribution is -0.134. The van der Waals surface area contributed by atoms with Crippen LogP contribution in [0.1, 0.15) is 39.0 Å². The molecule has 104 valence electrons.